The Bertz CT molecular complexity index is 460. The number of rotatable bonds is 4. The Balaban J connectivity index is 2.08. The third-order valence-electron chi connectivity index (χ3n) is 2.88. The van der Waals surface area contributed by atoms with Crippen molar-refractivity contribution in [3.63, 3.8) is 0 Å². The fourth-order valence-electron chi connectivity index (χ4n) is 1.72. The molecular formula is C16H18N2. The van der Waals surface area contributed by atoms with E-state index in [-0.39, 0.29) is 0 Å². The van der Waals surface area contributed by atoms with Crippen molar-refractivity contribution in [1.29, 1.82) is 0 Å². The van der Waals surface area contributed by atoms with Crippen LogP contribution in [0.5, 0.6) is 0 Å². The van der Waals surface area contributed by atoms with Crippen LogP contribution in [-0.4, -0.2) is 7.05 Å². The van der Waals surface area contributed by atoms with Crippen LogP contribution in [0, 0.1) is 0 Å². The van der Waals surface area contributed by atoms with E-state index < -0.39 is 0 Å². The van der Waals surface area contributed by atoms with Crippen molar-refractivity contribution in [3.05, 3.63) is 65.2 Å². The molecule has 0 amide bonds. The molecule has 2 heteroatoms. The van der Waals surface area contributed by atoms with E-state index in [0.29, 0.717) is 6.54 Å². The number of hydrogen-bond acceptors (Lipinski definition) is 2. The molecule has 0 saturated heterocycles. The van der Waals surface area contributed by atoms with Crippen molar-refractivity contribution in [2.75, 3.05) is 12.4 Å². The number of hydrogen-bond donors (Lipinski definition) is 2. The average molecular weight is 238 g/mol. The second kappa shape index (κ2) is 6.03. The van der Waals surface area contributed by atoms with Crippen LogP contribution in [0.1, 0.15) is 16.7 Å². The fraction of sp³-hybridized carbons (Fsp3) is 0.125. The van der Waals surface area contributed by atoms with E-state index in [9.17, 15) is 0 Å². The van der Waals surface area contributed by atoms with Gasteiger partial charge in [-0.25, -0.2) is 0 Å². The molecule has 0 bridgehead atoms. The molecule has 0 saturated carbocycles. The lowest BCUT2D eigenvalue weighted by Gasteiger charge is -2.00. The third-order valence-corrected chi connectivity index (χ3v) is 2.88. The highest BCUT2D eigenvalue weighted by Gasteiger charge is 1.91. The zero-order valence-electron chi connectivity index (χ0n) is 10.6. The van der Waals surface area contributed by atoms with Gasteiger partial charge in [0.25, 0.3) is 0 Å². The van der Waals surface area contributed by atoms with E-state index in [0.717, 1.165) is 11.3 Å². The Kier molecular flexibility index (Phi) is 4.15. The molecule has 92 valence electrons. The minimum atomic E-state index is 0.593. The first-order valence-electron chi connectivity index (χ1n) is 6.07. The summed E-state index contributed by atoms with van der Waals surface area (Å²) in [6.07, 6.45) is 4.21. The van der Waals surface area contributed by atoms with Gasteiger partial charge in [0.05, 0.1) is 0 Å². The van der Waals surface area contributed by atoms with Gasteiger partial charge >= 0.3 is 0 Å². The normalized spacial score (nSPS) is 10.8. The molecular weight excluding hydrogens is 220 g/mol. The summed E-state index contributed by atoms with van der Waals surface area (Å²) in [5.41, 5.74) is 10.2. The number of nitrogens with two attached hydrogens (primary N) is 1. The standard InChI is InChI=1S/C16H18N2/c1-18-16-10-8-14(9-11-16)3-2-13-4-6-15(12-17)7-5-13/h2-11,18H,12,17H2,1H3/b3-2+. The molecule has 0 aliphatic carbocycles. The van der Waals surface area contributed by atoms with Gasteiger partial charge in [-0.2, -0.15) is 0 Å². The van der Waals surface area contributed by atoms with Gasteiger partial charge in [-0.15, -0.1) is 0 Å². The number of nitrogens with one attached hydrogen (secondary N) is 1. The molecule has 3 N–H and O–H groups in total. The van der Waals surface area contributed by atoms with E-state index in [1.165, 1.54) is 11.1 Å². The molecule has 0 spiro atoms. The van der Waals surface area contributed by atoms with Crippen LogP contribution in [0.15, 0.2) is 48.5 Å². The minimum absolute atomic E-state index is 0.593. The van der Waals surface area contributed by atoms with E-state index in [1.807, 2.05) is 7.05 Å². The smallest absolute Gasteiger partial charge is 0.0337 e. The van der Waals surface area contributed by atoms with Crippen molar-refractivity contribution in [2.24, 2.45) is 5.73 Å². The first kappa shape index (κ1) is 12.4. The zero-order chi connectivity index (χ0) is 12.8. The maximum atomic E-state index is 5.57. The van der Waals surface area contributed by atoms with Crippen molar-refractivity contribution >= 4 is 17.8 Å². The maximum Gasteiger partial charge on any atom is 0.0337 e. The molecule has 2 rings (SSSR count). The predicted molar refractivity (Wildman–Crippen MR) is 79.3 cm³/mol. The average Bonchev–Trinajstić information content (AvgIpc) is 2.46. The Labute approximate surface area is 108 Å². The Morgan fingerprint density at radius 2 is 1.39 bits per heavy atom. The van der Waals surface area contributed by atoms with Crippen LogP contribution in [0.2, 0.25) is 0 Å². The molecule has 2 nitrogen and oxygen atoms in total. The monoisotopic (exact) mass is 238 g/mol. The molecule has 0 aliphatic heterocycles. The highest BCUT2D eigenvalue weighted by molar-refractivity contribution is 5.70. The second-order valence-corrected chi connectivity index (χ2v) is 4.15. The Morgan fingerprint density at radius 3 is 1.83 bits per heavy atom. The van der Waals surface area contributed by atoms with E-state index in [4.69, 9.17) is 5.73 Å². The van der Waals surface area contributed by atoms with Gasteiger partial charge in [0.15, 0.2) is 0 Å². The molecule has 0 unspecified atom stereocenters. The van der Waals surface area contributed by atoms with Crippen molar-refractivity contribution in [1.82, 2.24) is 0 Å². The maximum absolute atomic E-state index is 5.57. The molecule has 0 aliphatic rings. The molecule has 0 fully saturated rings. The minimum Gasteiger partial charge on any atom is -0.388 e. The van der Waals surface area contributed by atoms with Gasteiger partial charge in [-0.3, -0.25) is 0 Å². The predicted octanol–water partition coefficient (Wildman–Crippen LogP) is 3.36. The molecule has 0 aromatic heterocycles. The molecule has 18 heavy (non-hydrogen) atoms. The van der Waals surface area contributed by atoms with Gasteiger partial charge < -0.3 is 11.1 Å². The summed E-state index contributed by atoms with van der Waals surface area (Å²) < 4.78 is 0. The second-order valence-electron chi connectivity index (χ2n) is 4.15. The fourth-order valence-corrected chi connectivity index (χ4v) is 1.72. The van der Waals surface area contributed by atoms with E-state index in [2.05, 4.69) is 66.0 Å². The highest BCUT2D eigenvalue weighted by Crippen LogP contribution is 2.12. The van der Waals surface area contributed by atoms with Gasteiger partial charge in [-0.05, 0) is 28.8 Å². The largest absolute Gasteiger partial charge is 0.388 e. The molecule has 0 heterocycles. The quantitative estimate of drug-likeness (QED) is 0.802. The van der Waals surface area contributed by atoms with Crippen LogP contribution in [0.25, 0.3) is 12.2 Å². The van der Waals surface area contributed by atoms with Gasteiger partial charge in [0.2, 0.25) is 0 Å². The summed E-state index contributed by atoms with van der Waals surface area (Å²) in [4.78, 5) is 0. The summed E-state index contributed by atoms with van der Waals surface area (Å²) in [7, 11) is 1.92. The van der Waals surface area contributed by atoms with Crippen LogP contribution in [-0.2, 0) is 6.54 Å². The van der Waals surface area contributed by atoms with E-state index in [1.54, 1.807) is 0 Å². The summed E-state index contributed by atoms with van der Waals surface area (Å²) in [5, 5.41) is 3.10. The Morgan fingerprint density at radius 1 is 0.889 bits per heavy atom. The highest BCUT2D eigenvalue weighted by atomic mass is 14.8. The lowest BCUT2D eigenvalue weighted by atomic mass is 10.1. The van der Waals surface area contributed by atoms with Gasteiger partial charge in [0.1, 0.15) is 0 Å². The summed E-state index contributed by atoms with van der Waals surface area (Å²) in [6.45, 7) is 0.593. The Hall–Kier alpha value is -2.06. The zero-order valence-corrected chi connectivity index (χ0v) is 10.6. The summed E-state index contributed by atoms with van der Waals surface area (Å²) in [6, 6.07) is 16.6. The van der Waals surface area contributed by atoms with Crippen LogP contribution in [0.4, 0.5) is 5.69 Å². The van der Waals surface area contributed by atoms with Crippen LogP contribution in [0.3, 0.4) is 0 Å². The molecule has 2 aromatic carbocycles. The van der Waals surface area contributed by atoms with Crippen LogP contribution < -0.4 is 11.1 Å². The molecule has 2 aromatic rings. The summed E-state index contributed by atoms with van der Waals surface area (Å²) in [5.74, 6) is 0. The van der Waals surface area contributed by atoms with E-state index >= 15 is 0 Å². The first-order chi connectivity index (χ1) is 8.81. The summed E-state index contributed by atoms with van der Waals surface area (Å²) >= 11 is 0. The molecule has 0 radical (unpaired) electrons. The van der Waals surface area contributed by atoms with Crippen molar-refractivity contribution in [2.45, 2.75) is 6.54 Å². The SMILES string of the molecule is CNc1ccc(/C=C/c2ccc(CN)cc2)cc1. The number of anilines is 1. The lowest BCUT2D eigenvalue weighted by molar-refractivity contribution is 1.07. The number of benzene rings is 2. The lowest BCUT2D eigenvalue weighted by Crippen LogP contribution is -1.94. The van der Waals surface area contributed by atoms with Crippen LogP contribution >= 0.6 is 0 Å². The van der Waals surface area contributed by atoms with Gasteiger partial charge in [0, 0.05) is 19.3 Å². The first-order valence-corrected chi connectivity index (χ1v) is 6.07. The van der Waals surface area contributed by atoms with Crippen molar-refractivity contribution in [3.8, 4) is 0 Å². The van der Waals surface area contributed by atoms with Crippen molar-refractivity contribution < 1.29 is 0 Å². The molecule has 0 atom stereocenters. The topological polar surface area (TPSA) is 38.0 Å². The third kappa shape index (κ3) is 3.22. The van der Waals surface area contributed by atoms with Gasteiger partial charge in [-0.1, -0.05) is 48.6 Å².